The van der Waals surface area contributed by atoms with E-state index in [1.807, 2.05) is 42.5 Å². The number of furan rings is 1. The van der Waals surface area contributed by atoms with Crippen molar-refractivity contribution in [3.8, 4) is 11.6 Å². The van der Waals surface area contributed by atoms with Crippen molar-refractivity contribution in [3.63, 3.8) is 0 Å². The highest BCUT2D eigenvalue weighted by atomic mass is 16.3. The van der Waals surface area contributed by atoms with Crippen molar-refractivity contribution in [1.82, 2.24) is 9.66 Å². The number of hydrogen-bond acceptors (Lipinski definition) is 4. The first-order chi connectivity index (χ1) is 11.8. The number of benzene rings is 2. The maximum absolute atomic E-state index is 12.8. The first-order valence-corrected chi connectivity index (χ1v) is 7.48. The lowest BCUT2D eigenvalue weighted by Gasteiger charge is -2.07. The van der Waals surface area contributed by atoms with Crippen LogP contribution in [0.25, 0.3) is 22.5 Å². The predicted molar refractivity (Wildman–Crippen MR) is 93.1 cm³/mol. The summed E-state index contributed by atoms with van der Waals surface area (Å²) in [5, 5.41) is 4.85. The van der Waals surface area contributed by atoms with Crippen molar-refractivity contribution in [2.24, 2.45) is 5.10 Å². The van der Waals surface area contributed by atoms with Crippen LogP contribution in [0.15, 0.2) is 87.3 Å². The van der Waals surface area contributed by atoms with Crippen molar-refractivity contribution < 1.29 is 4.42 Å². The van der Waals surface area contributed by atoms with Gasteiger partial charge in [0.2, 0.25) is 5.82 Å². The van der Waals surface area contributed by atoms with E-state index in [1.54, 1.807) is 36.7 Å². The first kappa shape index (κ1) is 14.1. The summed E-state index contributed by atoms with van der Waals surface area (Å²) in [4.78, 5) is 17.4. The molecule has 0 saturated carbocycles. The molecule has 0 saturated heterocycles. The van der Waals surface area contributed by atoms with Crippen LogP contribution in [0.5, 0.6) is 0 Å². The molecule has 0 aliphatic heterocycles. The summed E-state index contributed by atoms with van der Waals surface area (Å²) >= 11 is 0. The summed E-state index contributed by atoms with van der Waals surface area (Å²) in [6.07, 6.45) is 3.17. The molecule has 0 aliphatic carbocycles. The Balaban J connectivity index is 1.95. The van der Waals surface area contributed by atoms with E-state index in [-0.39, 0.29) is 5.56 Å². The molecular formula is C19H13N3O2. The van der Waals surface area contributed by atoms with Gasteiger partial charge in [0.1, 0.15) is 0 Å². The second-order valence-corrected chi connectivity index (χ2v) is 5.20. The standard InChI is InChI=1S/C19H13N3O2/c23-19-15-9-4-5-10-16(15)21-18(17-11-6-12-24-17)22(19)20-13-14-7-2-1-3-8-14/h1-13H/b20-13+. The quantitative estimate of drug-likeness (QED) is 0.543. The summed E-state index contributed by atoms with van der Waals surface area (Å²) in [6, 6.07) is 20.3. The fourth-order valence-electron chi connectivity index (χ4n) is 2.46. The van der Waals surface area contributed by atoms with Gasteiger partial charge in [0, 0.05) is 0 Å². The highest BCUT2D eigenvalue weighted by Crippen LogP contribution is 2.19. The van der Waals surface area contributed by atoms with E-state index in [2.05, 4.69) is 10.1 Å². The van der Waals surface area contributed by atoms with Crippen LogP contribution < -0.4 is 5.56 Å². The fourth-order valence-corrected chi connectivity index (χ4v) is 2.46. The minimum absolute atomic E-state index is 0.237. The molecule has 0 amide bonds. The topological polar surface area (TPSA) is 60.4 Å². The zero-order valence-electron chi connectivity index (χ0n) is 12.7. The van der Waals surface area contributed by atoms with Crippen molar-refractivity contribution >= 4 is 17.1 Å². The van der Waals surface area contributed by atoms with E-state index in [4.69, 9.17) is 4.42 Å². The van der Waals surface area contributed by atoms with Crippen LogP contribution in [0.3, 0.4) is 0 Å². The molecule has 2 aromatic heterocycles. The van der Waals surface area contributed by atoms with Crippen LogP contribution >= 0.6 is 0 Å². The third-order valence-corrected chi connectivity index (χ3v) is 3.62. The molecule has 5 nitrogen and oxygen atoms in total. The van der Waals surface area contributed by atoms with Gasteiger partial charge in [0.15, 0.2) is 5.76 Å². The molecular weight excluding hydrogens is 302 g/mol. The van der Waals surface area contributed by atoms with Gasteiger partial charge in [0.25, 0.3) is 5.56 Å². The van der Waals surface area contributed by atoms with E-state index in [1.165, 1.54) is 4.68 Å². The molecule has 0 unspecified atom stereocenters. The molecule has 24 heavy (non-hydrogen) atoms. The van der Waals surface area contributed by atoms with Crippen LogP contribution in [-0.2, 0) is 0 Å². The van der Waals surface area contributed by atoms with Crippen LogP contribution in [0.2, 0.25) is 0 Å². The Bertz CT molecular complexity index is 1060. The number of nitrogens with zero attached hydrogens (tertiary/aromatic N) is 3. The third kappa shape index (κ3) is 2.52. The Hall–Kier alpha value is -3.47. The summed E-state index contributed by atoms with van der Waals surface area (Å²) in [5.74, 6) is 0.860. The lowest BCUT2D eigenvalue weighted by molar-refractivity contribution is 0.571. The summed E-state index contributed by atoms with van der Waals surface area (Å²) in [7, 11) is 0. The van der Waals surface area contributed by atoms with Crippen molar-refractivity contribution in [1.29, 1.82) is 0 Å². The molecule has 4 rings (SSSR count). The highest BCUT2D eigenvalue weighted by Gasteiger charge is 2.13. The van der Waals surface area contributed by atoms with Crippen LogP contribution in [0.4, 0.5) is 0 Å². The Kier molecular flexibility index (Phi) is 3.51. The van der Waals surface area contributed by atoms with E-state index in [0.29, 0.717) is 22.5 Å². The Labute approximate surface area is 137 Å². The van der Waals surface area contributed by atoms with E-state index in [9.17, 15) is 4.79 Å². The minimum atomic E-state index is -0.237. The lowest BCUT2D eigenvalue weighted by atomic mass is 10.2. The highest BCUT2D eigenvalue weighted by molar-refractivity contribution is 5.81. The predicted octanol–water partition coefficient (Wildman–Crippen LogP) is 3.54. The van der Waals surface area contributed by atoms with Gasteiger partial charge in [-0.1, -0.05) is 42.5 Å². The number of aromatic nitrogens is 2. The van der Waals surface area contributed by atoms with Gasteiger partial charge in [-0.3, -0.25) is 4.79 Å². The molecule has 0 aliphatic rings. The van der Waals surface area contributed by atoms with Crippen LogP contribution in [0.1, 0.15) is 5.56 Å². The smallest absolute Gasteiger partial charge is 0.282 e. The molecule has 2 aromatic carbocycles. The SMILES string of the molecule is O=c1c2ccccc2nc(-c2ccco2)n1/N=C/c1ccccc1. The molecule has 0 radical (unpaired) electrons. The second-order valence-electron chi connectivity index (χ2n) is 5.20. The molecule has 0 fully saturated rings. The molecule has 116 valence electrons. The largest absolute Gasteiger partial charge is 0.461 e. The van der Waals surface area contributed by atoms with Gasteiger partial charge in [0.05, 0.1) is 23.4 Å². The van der Waals surface area contributed by atoms with E-state index in [0.717, 1.165) is 5.56 Å². The number of hydrogen-bond donors (Lipinski definition) is 0. The number of rotatable bonds is 3. The van der Waals surface area contributed by atoms with Crippen LogP contribution in [-0.4, -0.2) is 15.9 Å². The molecule has 0 bridgehead atoms. The fraction of sp³-hybridized carbons (Fsp3) is 0. The Morgan fingerprint density at radius 2 is 1.75 bits per heavy atom. The van der Waals surface area contributed by atoms with Gasteiger partial charge in [-0.2, -0.15) is 9.78 Å². The first-order valence-electron chi connectivity index (χ1n) is 7.48. The van der Waals surface area contributed by atoms with E-state index < -0.39 is 0 Å². The summed E-state index contributed by atoms with van der Waals surface area (Å²) < 4.78 is 6.69. The second kappa shape index (κ2) is 5.96. The summed E-state index contributed by atoms with van der Waals surface area (Å²) in [6.45, 7) is 0. The zero-order chi connectivity index (χ0) is 16.4. The van der Waals surface area contributed by atoms with Gasteiger partial charge >= 0.3 is 0 Å². The molecule has 2 heterocycles. The number of para-hydroxylation sites is 1. The minimum Gasteiger partial charge on any atom is -0.461 e. The van der Waals surface area contributed by atoms with E-state index >= 15 is 0 Å². The number of fused-ring (bicyclic) bond motifs is 1. The molecule has 5 heteroatoms. The maximum Gasteiger partial charge on any atom is 0.282 e. The molecule has 4 aromatic rings. The van der Waals surface area contributed by atoms with Gasteiger partial charge in [-0.15, -0.1) is 0 Å². The zero-order valence-corrected chi connectivity index (χ0v) is 12.7. The van der Waals surface area contributed by atoms with Crippen LogP contribution in [0, 0.1) is 0 Å². The van der Waals surface area contributed by atoms with Gasteiger partial charge < -0.3 is 4.42 Å². The normalized spacial score (nSPS) is 11.3. The summed E-state index contributed by atoms with van der Waals surface area (Å²) in [5.41, 5.74) is 1.27. The molecule has 0 spiro atoms. The average molecular weight is 315 g/mol. The monoisotopic (exact) mass is 315 g/mol. The van der Waals surface area contributed by atoms with Crippen molar-refractivity contribution in [2.45, 2.75) is 0 Å². The molecule has 0 atom stereocenters. The Morgan fingerprint density at radius 3 is 2.54 bits per heavy atom. The third-order valence-electron chi connectivity index (χ3n) is 3.62. The average Bonchev–Trinajstić information content (AvgIpc) is 3.16. The molecule has 0 N–H and O–H groups in total. The van der Waals surface area contributed by atoms with Gasteiger partial charge in [-0.25, -0.2) is 4.98 Å². The van der Waals surface area contributed by atoms with Crippen molar-refractivity contribution in [2.75, 3.05) is 0 Å². The van der Waals surface area contributed by atoms with Gasteiger partial charge in [-0.05, 0) is 29.8 Å². The van der Waals surface area contributed by atoms with Crippen molar-refractivity contribution in [3.05, 3.63) is 88.9 Å². The maximum atomic E-state index is 12.8. The lowest BCUT2D eigenvalue weighted by Crippen LogP contribution is -2.20. The Morgan fingerprint density at radius 1 is 0.958 bits per heavy atom.